The van der Waals surface area contributed by atoms with Crippen molar-refractivity contribution in [2.24, 2.45) is 0 Å². The summed E-state index contributed by atoms with van der Waals surface area (Å²) in [6, 6.07) is 7.96. The fourth-order valence-corrected chi connectivity index (χ4v) is 2.31. The van der Waals surface area contributed by atoms with Crippen LogP contribution in [-0.2, 0) is 17.5 Å². The number of ether oxygens (including phenoxy) is 1. The average molecular weight is 297 g/mol. The quantitative estimate of drug-likeness (QED) is 0.460. The minimum Gasteiger partial charge on any atom is -0.772 e. The summed E-state index contributed by atoms with van der Waals surface area (Å²) < 4.78 is 26.1. The molecule has 0 aliphatic heterocycles. The molecule has 4 heteroatoms. The Morgan fingerprint density at radius 3 is 2.35 bits per heavy atom. The summed E-state index contributed by atoms with van der Waals surface area (Å²) >= 11 is -2.03. The molecule has 0 amide bonds. The van der Waals surface area contributed by atoms with E-state index in [1.54, 1.807) is 0 Å². The molecule has 1 unspecified atom stereocenters. The van der Waals surface area contributed by atoms with E-state index in [1.165, 1.54) is 44.1 Å². The summed E-state index contributed by atoms with van der Waals surface area (Å²) in [5.41, 5.74) is 1.32. The van der Waals surface area contributed by atoms with E-state index in [9.17, 15) is 8.76 Å². The summed E-state index contributed by atoms with van der Waals surface area (Å²) in [5, 5.41) is 0. The number of hydrogen-bond donors (Lipinski definition) is 0. The lowest BCUT2D eigenvalue weighted by Crippen LogP contribution is -2.07. The van der Waals surface area contributed by atoms with Crippen molar-refractivity contribution in [3.8, 4) is 5.75 Å². The van der Waals surface area contributed by atoms with E-state index < -0.39 is 11.1 Å². The SMILES string of the molecule is CCCCCCCCc1ccc(OCCS(=O)[O-])cc1. The van der Waals surface area contributed by atoms with Crippen LogP contribution < -0.4 is 4.74 Å². The van der Waals surface area contributed by atoms with Crippen molar-refractivity contribution in [3.05, 3.63) is 29.8 Å². The molecule has 1 aromatic rings. The van der Waals surface area contributed by atoms with E-state index in [2.05, 4.69) is 19.1 Å². The molecular weight excluding hydrogens is 272 g/mol. The Morgan fingerprint density at radius 2 is 1.70 bits per heavy atom. The van der Waals surface area contributed by atoms with Crippen LogP contribution in [0.4, 0.5) is 0 Å². The second-order valence-corrected chi connectivity index (χ2v) is 6.03. The summed E-state index contributed by atoms with van der Waals surface area (Å²) in [4.78, 5) is 0. The van der Waals surface area contributed by atoms with Crippen molar-refractivity contribution in [1.29, 1.82) is 0 Å². The number of rotatable bonds is 11. The monoisotopic (exact) mass is 297 g/mol. The summed E-state index contributed by atoms with van der Waals surface area (Å²) in [7, 11) is 0. The van der Waals surface area contributed by atoms with Gasteiger partial charge in [-0.1, -0.05) is 62.2 Å². The highest BCUT2D eigenvalue weighted by molar-refractivity contribution is 7.79. The maximum Gasteiger partial charge on any atom is 0.119 e. The van der Waals surface area contributed by atoms with Crippen LogP contribution in [0, 0.1) is 0 Å². The van der Waals surface area contributed by atoms with Gasteiger partial charge in [-0.15, -0.1) is 0 Å². The van der Waals surface area contributed by atoms with Crippen molar-refractivity contribution in [2.45, 2.75) is 51.9 Å². The normalized spacial score (nSPS) is 12.3. The maximum atomic E-state index is 10.4. The summed E-state index contributed by atoms with van der Waals surface area (Å²) in [6.07, 6.45) is 8.97. The highest BCUT2D eigenvalue weighted by Gasteiger charge is 1.97. The van der Waals surface area contributed by atoms with E-state index >= 15 is 0 Å². The Balaban J connectivity index is 2.16. The Labute approximate surface area is 125 Å². The summed E-state index contributed by atoms with van der Waals surface area (Å²) in [5.74, 6) is 0.779. The molecule has 0 heterocycles. The lowest BCUT2D eigenvalue weighted by molar-refractivity contribution is 0.339. The Morgan fingerprint density at radius 1 is 1.05 bits per heavy atom. The second-order valence-electron chi connectivity index (χ2n) is 5.02. The summed E-state index contributed by atoms with van der Waals surface area (Å²) in [6.45, 7) is 2.45. The maximum absolute atomic E-state index is 10.4. The fourth-order valence-electron chi connectivity index (χ4n) is 2.09. The van der Waals surface area contributed by atoms with Crippen LogP contribution in [0.2, 0.25) is 0 Å². The highest BCUT2D eigenvalue weighted by atomic mass is 32.2. The highest BCUT2D eigenvalue weighted by Crippen LogP contribution is 2.15. The number of aryl methyl sites for hydroxylation is 1. The van der Waals surface area contributed by atoms with Gasteiger partial charge in [0.25, 0.3) is 0 Å². The van der Waals surface area contributed by atoms with Crippen LogP contribution in [0.25, 0.3) is 0 Å². The third kappa shape index (κ3) is 8.33. The minimum absolute atomic E-state index is 0.0412. The van der Waals surface area contributed by atoms with Crippen LogP contribution in [0.1, 0.15) is 51.0 Å². The predicted molar refractivity (Wildman–Crippen MR) is 82.8 cm³/mol. The standard InChI is InChI=1S/C16H26O3S/c1-2-3-4-5-6-7-8-15-9-11-16(12-10-15)19-13-14-20(17)18/h9-12H,2-8,13-14H2,1H3,(H,17,18)/p-1. The topological polar surface area (TPSA) is 49.4 Å². The van der Waals surface area contributed by atoms with Crippen molar-refractivity contribution in [2.75, 3.05) is 12.4 Å². The van der Waals surface area contributed by atoms with Crippen molar-refractivity contribution in [1.82, 2.24) is 0 Å². The predicted octanol–water partition coefficient (Wildman–Crippen LogP) is 3.85. The average Bonchev–Trinajstić information content (AvgIpc) is 2.44. The first-order valence-electron chi connectivity index (χ1n) is 7.50. The van der Waals surface area contributed by atoms with Crippen LogP contribution in [0.15, 0.2) is 24.3 Å². The van der Waals surface area contributed by atoms with Gasteiger partial charge in [0.15, 0.2) is 0 Å². The second kappa shape index (κ2) is 10.9. The van der Waals surface area contributed by atoms with Gasteiger partial charge in [0.1, 0.15) is 5.75 Å². The van der Waals surface area contributed by atoms with Crippen LogP contribution in [0.3, 0.4) is 0 Å². The van der Waals surface area contributed by atoms with Gasteiger partial charge in [0, 0.05) is 5.75 Å². The smallest absolute Gasteiger partial charge is 0.119 e. The van der Waals surface area contributed by atoms with Gasteiger partial charge in [-0.2, -0.15) is 0 Å². The van der Waals surface area contributed by atoms with E-state index in [4.69, 9.17) is 4.74 Å². The van der Waals surface area contributed by atoms with Crippen LogP contribution in [0.5, 0.6) is 5.75 Å². The third-order valence-corrected chi connectivity index (χ3v) is 3.76. The molecule has 0 saturated heterocycles. The molecule has 1 rings (SSSR count). The molecule has 20 heavy (non-hydrogen) atoms. The van der Waals surface area contributed by atoms with Gasteiger partial charge in [0.05, 0.1) is 6.61 Å². The van der Waals surface area contributed by atoms with Gasteiger partial charge >= 0.3 is 0 Å². The molecule has 1 aromatic carbocycles. The largest absolute Gasteiger partial charge is 0.772 e. The van der Waals surface area contributed by atoms with E-state index in [0.29, 0.717) is 0 Å². The lowest BCUT2D eigenvalue weighted by atomic mass is 10.0. The molecule has 0 aliphatic rings. The zero-order valence-electron chi connectivity index (χ0n) is 12.3. The lowest BCUT2D eigenvalue weighted by Gasteiger charge is -2.08. The Hall–Kier alpha value is -0.870. The fraction of sp³-hybridized carbons (Fsp3) is 0.625. The molecule has 1 atom stereocenters. The van der Waals surface area contributed by atoms with Crippen LogP contribution in [-0.4, -0.2) is 21.1 Å². The molecule has 0 spiro atoms. The number of benzene rings is 1. The Bertz CT molecular complexity index is 376. The zero-order valence-corrected chi connectivity index (χ0v) is 13.1. The van der Waals surface area contributed by atoms with Crippen molar-refractivity contribution in [3.63, 3.8) is 0 Å². The van der Waals surface area contributed by atoms with Gasteiger partial charge < -0.3 is 9.29 Å². The molecule has 114 valence electrons. The van der Waals surface area contributed by atoms with E-state index in [-0.39, 0.29) is 12.4 Å². The Kier molecular flexibility index (Phi) is 9.33. The van der Waals surface area contributed by atoms with E-state index in [1.807, 2.05) is 12.1 Å². The zero-order chi connectivity index (χ0) is 14.6. The molecule has 0 aromatic heterocycles. The molecule has 0 aliphatic carbocycles. The first-order chi connectivity index (χ1) is 9.72. The number of unbranched alkanes of at least 4 members (excludes halogenated alkanes) is 5. The molecule has 3 nitrogen and oxygen atoms in total. The van der Waals surface area contributed by atoms with Crippen molar-refractivity contribution < 1.29 is 13.5 Å². The van der Waals surface area contributed by atoms with Gasteiger partial charge in [-0.05, 0) is 30.5 Å². The first kappa shape index (κ1) is 17.2. The molecule has 0 N–H and O–H groups in total. The van der Waals surface area contributed by atoms with Crippen LogP contribution >= 0.6 is 0 Å². The minimum atomic E-state index is -2.03. The van der Waals surface area contributed by atoms with Gasteiger partial charge in [0.2, 0.25) is 0 Å². The first-order valence-corrected chi connectivity index (χ1v) is 8.74. The molecule has 0 bridgehead atoms. The molecule has 0 radical (unpaired) electrons. The van der Waals surface area contributed by atoms with Crippen molar-refractivity contribution >= 4 is 11.1 Å². The molecule has 0 fully saturated rings. The van der Waals surface area contributed by atoms with Gasteiger partial charge in [-0.25, -0.2) is 0 Å². The number of hydrogen-bond acceptors (Lipinski definition) is 3. The molecule has 0 saturated carbocycles. The third-order valence-electron chi connectivity index (χ3n) is 3.26. The van der Waals surface area contributed by atoms with E-state index in [0.717, 1.165) is 12.2 Å². The molecular formula is C16H25O3S-. The van der Waals surface area contributed by atoms with Gasteiger partial charge in [-0.3, -0.25) is 4.21 Å².